The van der Waals surface area contributed by atoms with Crippen molar-refractivity contribution in [2.45, 2.75) is 50.7 Å². The van der Waals surface area contributed by atoms with Crippen LogP contribution in [0.4, 0.5) is 13.2 Å². The van der Waals surface area contributed by atoms with Gasteiger partial charge in [-0.05, 0) is 32.2 Å². The van der Waals surface area contributed by atoms with Gasteiger partial charge in [0.1, 0.15) is 0 Å². The van der Waals surface area contributed by atoms with Crippen molar-refractivity contribution in [3.05, 3.63) is 0 Å². The topological polar surface area (TPSA) is 32.3 Å². The lowest BCUT2D eigenvalue weighted by Crippen LogP contribution is -2.47. The Kier molecular flexibility index (Phi) is 4.71. The maximum Gasteiger partial charge on any atom is 0.393 e. The highest BCUT2D eigenvalue weighted by Crippen LogP contribution is 2.32. The van der Waals surface area contributed by atoms with Crippen LogP contribution in [0.15, 0.2) is 0 Å². The minimum absolute atomic E-state index is 0.0401. The number of nitrogens with zero attached hydrogens (tertiary/aromatic N) is 1. The fourth-order valence-electron chi connectivity index (χ4n) is 3.01. The van der Waals surface area contributed by atoms with Gasteiger partial charge in [0.25, 0.3) is 0 Å². The van der Waals surface area contributed by atoms with Crippen molar-refractivity contribution in [1.29, 1.82) is 0 Å². The Morgan fingerprint density at radius 3 is 2.47 bits per heavy atom. The second-order valence-corrected chi connectivity index (χ2v) is 5.66. The molecule has 0 unspecified atom stereocenters. The van der Waals surface area contributed by atoms with Crippen LogP contribution in [0.1, 0.15) is 38.5 Å². The Morgan fingerprint density at radius 2 is 1.84 bits per heavy atom. The lowest BCUT2D eigenvalue weighted by molar-refractivity contribution is -0.187. The predicted molar refractivity (Wildman–Crippen MR) is 65.6 cm³/mol. The molecule has 2 fully saturated rings. The maximum absolute atomic E-state index is 12.7. The first-order valence-corrected chi connectivity index (χ1v) is 7.03. The molecular formula is C13H21F3N2O. The van der Waals surface area contributed by atoms with Crippen molar-refractivity contribution in [2.24, 2.45) is 5.92 Å². The van der Waals surface area contributed by atoms with Crippen LogP contribution in [0.3, 0.4) is 0 Å². The van der Waals surface area contributed by atoms with E-state index >= 15 is 0 Å². The van der Waals surface area contributed by atoms with E-state index in [1.54, 1.807) is 4.90 Å². The summed E-state index contributed by atoms with van der Waals surface area (Å²) in [7, 11) is 0. The van der Waals surface area contributed by atoms with Gasteiger partial charge in [-0.1, -0.05) is 12.8 Å². The number of nitrogens with one attached hydrogen (secondary N) is 1. The van der Waals surface area contributed by atoms with E-state index in [9.17, 15) is 18.0 Å². The summed E-state index contributed by atoms with van der Waals surface area (Å²) in [6, 6.07) is 0.232. The number of piperidine rings is 1. The standard InChI is InChI=1S/C13H21F3N2O/c14-13(15,16)10-4-3-7-18(8-10)9-12(19)17-11-5-1-2-6-11/h10-11H,1-9H2,(H,17,19)/t10-/m1/s1. The van der Waals surface area contributed by atoms with Gasteiger partial charge >= 0.3 is 6.18 Å². The van der Waals surface area contributed by atoms with E-state index in [4.69, 9.17) is 0 Å². The highest BCUT2D eigenvalue weighted by molar-refractivity contribution is 5.78. The van der Waals surface area contributed by atoms with E-state index in [1.807, 2.05) is 0 Å². The van der Waals surface area contributed by atoms with Crippen molar-refractivity contribution in [3.8, 4) is 0 Å². The summed E-state index contributed by atoms with van der Waals surface area (Å²) in [4.78, 5) is 13.4. The summed E-state index contributed by atoms with van der Waals surface area (Å²) in [6.45, 7) is 0.648. The van der Waals surface area contributed by atoms with Gasteiger partial charge in [0, 0.05) is 12.6 Å². The third kappa shape index (κ3) is 4.37. The second kappa shape index (κ2) is 6.11. The summed E-state index contributed by atoms with van der Waals surface area (Å²) in [5.74, 6) is -1.41. The van der Waals surface area contributed by atoms with Crippen molar-refractivity contribution >= 4 is 5.91 Å². The first kappa shape index (κ1) is 14.6. The van der Waals surface area contributed by atoms with Gasteiger partial charge in [-0.2, -0.15) is 13.2 Å². The molecule has 110 valence electrons. The minimum atomic E-state index is -4.14. The minimum Gasteiger partial charge on any atom is -0.352 e. The fraction of sp³-hybridized carbons (Fsp3) is 0.923. The third-order valence-electron chi connectivity index (χ3n) is 4.06. The molecule has 1 saturated heterocycles. The summed E-state index contributed by atoms with van der Waals surface area (Å²) in [5.41, 5.74) is 0. The molecule has 1 aliphatic heterocycles. The van der Waals surface area contributed by atoms with Crippen molar-refractivity contribution in [3.63, 3.8) is 0 Å². The van der Waals surface area contributed by atoms with E-state index in [0.29, 0.717) is 13.0 Å². The Hall–Kier alpha value is -0.780. The molecule has 1 atom stereocenters. The van der Waals surface area contributed by atoms with Crippen molar-refractivity contribution in [2.75, 3.05) is 19.6 Å². The zero-order valence-electron chi connectivity index (χ0n) is 11.0. The van der Waals surface area contributed by atoms with E-state index in [0.717, 1.165) is 25.7 Å². The zero-order chi connectivity index (χ0) is 13.9. The lowest BCUT2D eigenvalue weighted by Gasteiger charge is -2.33. The molecule has 1 aliphatic carbocycles. The highest BCUT2D eigenvalue weighted by Gasteiger charge is 2.41. The SMILES string of the molecule is O=C(CN1CCC[C@@H](C(F)(F)F)C1)NC1CCCC1. The molecule has 3 nitrogen and oxygen atoms in total. The van der Waals surface area contributed by atoms with Crippen LogP contribution >= 0.6 is 0 Å². The second-order valence-electron chi connectivity index (χ2n) is 5.66. The summed E-state index contributed by atoms with van der Waals surface area (Å²) in [6.07, 6.45) is 0.815. The van der Waals surface area contributed by atoms with Gasteiger partial charge in [-0.25, -0.2) is 0 Å². The average Bonchev–Trinajstić information content (AvgIpc) is 2.80. The summed E-state index contributed by atoms with van der Waals surface area (Å²) < 4.78 is 38.0. The van der Waals surface area contributed by atoms with Gasteiger partial charge in [0.2, 0.25) is 5.91 Å². The molecule has 0 bridgehead atoms. The molecule has 19 heavy (non-hydrogen) atoms. The number of hydrogen-bond acceptors (Lipinski definition) is 2. The van der Waals surface area contributed by atoms with Crippen LogP contribution in [-0.4, -0.2) is 42.7 Å². The molecule has 0 spiro atoms. The Balaban J connectivity index is 1.76. The molecule has 0 aromatic rings. The number of carbonyl (C=O) groups excluding carboxylic acids is 1. The molecule has 0 aromatic heterocycles. The third-order valence-corrected chi connectivity index (χ3v) is 4.06. The molecule has 2 rings (SSSR count). The Labute approximate surface area is 111 Å². The van der Waals surface area contributed by atoms with E-state index in [2.05, 4.69) is 5.32 Å². The van der Waals surface area contributed by atoms with Crippen molar-refractivity contribution < 1.29 is 18.0 Å². The van der Waals surface area contributed by atoms with Crippen LogP contribution in [0, 0.1) is 5.92 Å². The predicted octanol–water partition coefficient (Wildman–Crippen LogP) is 2.32. The molecule has 1 heterocycles. The van der Waals surface area contributed by atoms with E-state index < -0.39 is 12.1 Å². The van der Waals surface area contributed by atoms with Gasteiger partial charge in [-0.3, -0.25) is 9.69 Å². The molecule has 1 N–H and O–H groups in total. The number of halogens is 3. The van der Waals surface area contributed by atoms with Gasteiger partial charge in [0.05, 0.1) is 12.5 Å². The molecule has 1 amide bonds. The van der Waals surface area contributed by atoms with Gasteiger partial charge in [-0.15, -0.1) is 0 Å². The van der Waals surface area contributed by atoms with Crippen LogP contribution < -0.4 is 5.32 Å². The quantitative estimate of drug-likeness (QED) is 0.859. The number of carbonyl (C=O) groups is 1. The van der Waals surface area contributed by atoms with Crippen LogP contribution in [0.5, 0.6) is 0 Å². The number of rotatable bonds is 3. The zero-order valence-corrected chi connectivity index (χ0v) is 11.0. The molecule has 0 radical (unpaired) electrons. The first-order chi connectivity index (χ1) is 8.95. The smallest absolute Gasteiger partial charge is 0.352 e. The first-order valence-electron chi connectivity index (χ1n) is 7.03. The van der Waals surface area contributed by atoms with E-state index in [1.165, 1.54) is 0 Å². The van der Waals surface area contributed by atoms with Gasteiger partial charge < -0.3 is 5.32 Å². The van der Waals surface area contributed by atoms with E-state index in [-0.39, 0.29) is 31.5 Å². The van der Waals surface area contributed by atoms with Crippen LogP contribution in [0.25, 0.3) is 0 Å². The van der Waals surface area contributed by atoms with Gasteiger partial charge in [0.15, 0.2) is 0 Å². The van der Waals surface area contributed by atoms with Crippen molar-refractivity contribution in [1.82, 2.24) is 10.2 Å². The number of likely N-dealkylation sites (tertiary alicyclic amines) is 1. The number of amides is 1. The monoisotopic (exact) mass is 278 g/mol. The van der Waals surface area contributed by atoms with Crippen LogP contribution in [-0.2, 0) is 4.79 Å². The Morgan fingerprint density at radius 1 is 1.16 bits per heavy atom. The molecule has 1 saturated carbocycles. The molecule has 2 aliphatic rings. The number of hydrogen-bond donors (Lipinski definition) is 1. The summed E-state index contributed by atoms with van der Waals surface area (Å²) in [5, 5.41) is 2.92. The molecular weight excluding hydrogens is 257 g/mol. The number of alkyl halides is 3. The lowest BCUT2D eigenvalue weighted by atomic mass is 9.97. The molecule has 0 aromatic carbocycles. The molecule has 6 heteroatoms. The van der Waals surface area contributed by atoms with Crippen LogP contribution in [0.2, 0.25) is 0 Å². The summed E-state index contributed by atoms with van der Waals surface area (Å²) >= 11 is 0. The fourth-order valence-corrected chi connectivity index (χ4v) is 3.01. The largest absolute Gasteiger partial charge is 0.393 e. The normalized spacial score (nSPS) is 26.6. The maximum atomic E-state index is 12.7. The Bertz CT molecular complexity index is 314. The highest BCUT2D eigenvalue weighted by atomic mass is 19.4. The average molecular weight is 278 g/mol.